The first-order valence-corrected chi connectivity index (χ1v) is 9.49. The maximum Gasteiger partial charge on any atom is 0.316 e. The fourth-order valence-electron chi connectivity index (χ4n) is 1.94. The highest BCUT2D eigenvalue weighted by Gasteiger charge is 2.18. The Bertz CT molecular complexity index is 608. The monoisotopic (exact) mass is 431 g/mol. The third-order valence-corrected chi connectivity index (χ3v) is 4.54. The number of pyridine rings is 1. The summed E-state index contributed by atoms with van der Waals surface area (Å²) in [5, 5.41) is 2.62. The largest absolute Gasteiger partial charge is 0.455 e. The highest BCUT2D eigenvalue weighted by molar-refractivity contribution is 9.10. The average Bonchev–Trinajstić information content (AvgIpc) is 2.62. The molecule has 0 bridgehead atoms. The SMILES string of the molecule is O=C(CSCC(=O)OCC(=O)N1CCOCC1)Nc1ccc(Br)cn1. The first-order valence-electron chi connectivity index (χ1n) is 7.55. The number of amides is 2. The predicted octanol–water partition coefficient (Wildman–Crippen LogP) is 0.918. The lowest BCUT2D eigenvalue weighted by atomic mass is 10.4. The summed E-state index contributed by atoms with van der Waals surface area (Å²) in [7, 11) is 0. The van der Waals surface area contributed by atoms with Gasteiger partial charge >= 0.3 is 5.97 Å². The van der Waals surface area contributed by atoms with Gasteiger partial charge < -0.3 is 19.7 Å². The summed E-state index contributed by atoms with van der Waals surface area (Å²) in [4.78, 5) is 40.8. The maximum absolute atomic E-state index is 11.8. The lowest BCUT2D eigenvalue weighted by Crippen LogP contribution is -2.42. The minimum absolute atomic E-state index is 0.00240. The molecule has 10 heteroatoms. The van der Waals surface area contributed by atoms with E-state index in [0.717, 1.165) is 16.2 Å². The second-order valence-electron chi connectivity index (χ2n) is 5.06. The number of hydrogen-bond acceptors (Lipinski definition) is 7. The molecule has 136 valence electrons. The molecule has 1 aliphatic rings. The van der Waals surface area contributed by atoms with Gasteiger partial charge in [0.2, 0.25) is 5.91 Å². The van der Waals surface area contributed by atoms with Gasteiger partial charge in [0, 0.05) is 23.8 Å². The van der Waals surface area contributed by atoms with Gasteiger partial charge in [-0.3, -0.25) is 14.4 Å². The van der Waals surface area contributed by atoms with Crippen molar-refractivity contribution in [3.8, 4) is 0 Å². The van der Waals surface area contributed by atoms with Crippen LogP contribution in [0.5, 0.6) is 0 Å². The molecule has 1 aliphatic heterocycles. The number of halogens is 1. The van der Waals surface area contributed by atoms with E-state index in [0.29, 0.717) is 32.1 Å². The Balaban J connectivity index is 1.59. The van der Waals surface area contributed by atoms with Crippen molar-refractivity contribution in [1.29, 1.82) is 0 Å². The number of morpholine rings is 1. The zero-order chi connectivity index (χ0) is 18.1. The normalized spacial score (nSPS) is 14.0. The molecule has 1 N–H and O–H groups in total. The molecule has 8 nitrogen and oxygen atoms in total. The Hall–Kier alpha value is -1.65. The van der Waals surface area contributed by atoms with Crippen LogP contribution in [0.3, 0.4) is 0 Å². The Kier molecular flexibility index (Phi) is 8.16. The summed E-state index contributed by atoms with van der Waals surface area (Å²) in [6, 6.07) is 3.43. The first-order chi connectivity index (χ1) is 12.0. The number of aromatic nitrogens is 1. The van der Waals surface area contributed by atoms with Crippen LogP contribution in [0.2, 0.25) is 0 Å². The van der Waals surface area contributed by atoms with E-state index >= 15 is 0 Å². The Morgan fingerprint density at radius 3 is 2.72 bits per heavy atom. The summed E-state index contributed by atoms with van der Waals surface area (Å²) >= 11 is 4.37. The molecule has 0 saturated carbocycles. The average molecular weight is 432 g/mol. The Morgan fingerprint density at radius 1 is 1.28 bits per heavy atom. The van der Waals surface area contributed by atoms with Crippen molar-refractivity contribution in [3.63, 3.8) is 0 Å². The molecule has 2 rings (SSSR count). The van der Waals surface area contributed by atoms with Crippen molar-refractivity contribution < 1.29 is 23.9 Å². The van der Waals surface area contributed by atoms with E-state index in [1.807, 2.05) is 0 Å². The fourth-order valence-corrected chi connectivity index (χ4v) is 2.79. The molecule has 0 unspecified atom stereocenters. The van der Waals surface area contributed by atoms with E-state index < -0.39 is 5.97 Å². The van der Waals surface area contributed by atoms with Crippen LogP contribution in [0.4, 0.5) is 5.82 Å². The summed E-state index contributed by atoms with van der Waals surface area (Å²) in [6.07, 6.45) is 1.57. The zero-order valence-corrected chi connectivity index (χ0v) is 15.8. The van der Waals surface area contributed by atoms with Gasteiger partial charge in [-0.15, -0.1) is 11.8 Å². The number of hydrogen-bond donors (Lipinski definition) is 1. The van der Waals surface area contributed by atoms with Crippen LogP contribution in [0.25, 0.3) is 0 Å². The highest BCUT2D eigenvalue weighted by Crippen LogP contribution is 2.11. The van der Waals surface area contributed by atoms with Gasteiger partial charge in [0.05, 0.1) is 24.7 Å². The number of nitrogens with zero attached hydrogens (tertiary/aromatic N) is 2. The second kappa shape index (κ2) is 10.4. The van der Waals surface area contributed by atoms with Crippen molar-refractivity contribution in [3.05, 3.63) is 22.8 Å². The molecule has 1 saturated heterocycles. The van der Waals surface area contributed by atoms with Gasteiger partial charge in [-0.25, -0.2) is 4.98 Å². The zero-order valence-electron chi connectivity index (χ0n) is 13.4. The van der Waals surface area contributed by atoms with Gasteiger partial charge in [0.15, 0.2) is 6.61 Å². The van der Waals surface area contributed by atoms with Crippen molar-refractivity contribution >= 4 is 51.3 Å². The number of ether oxygens (including phenoxy) is 2. The quantitative estimate of drug-likeness (QED) is 0.640. The van der Waals surface area contributed by atoms with Gasteiger partial charge in [0.25, 0.3) is 5.91 Å². The minimum atomic E-state index is -0.527. The topological polar surface area (TPSA) is 97.8 Å². The third kappa shape index (κ3) is 7.41. The van der Waals surface area contributed by atoms with Gasteiger partial charge in [0.1, 0.15) is 5.82 Å². The number of carbonyl (C=O) groups is 3. The van der Waals surface area contributed by atoms with E-state index in [1.54, 1.807) is 23.2 Å². The highest BCUT2D eigenvalue weighted by atomic mass is 79.9. The third-order valence-electron chi connectivity index (χ3n) is 3.17. The van der Waals surface area contributed by atoms with Crippen molar-refractivity contribution in [2.75, 3.05) is 49.7 Å². The van der Waals surface area contributed by atoms with Gasteiger partial charge in [-0.1, -0.05) is 0 Å². The molecular weight excluding hydrogens is 414 g/mol. The standard InChI is InChI=1S/C15H18BrN3O5S/c16-11-1-2-12(17-7-11)18-13(20)9-25-10-15(22)24-8-14(21)19-3-5-23-6-4-19/h1-2,7H,3-6,8-10H2,(H,17,18,20). The predicted molar refractivity (Wildman–Crippen MR) is 96.2 cm³/mol. The molecule has 2 amide bonds. The number of thioether (sulfide) groups is 1. The smallest absolute Gasteiger partial charge is 0.316 e. The summed E-state index contributed by atoms with van der Waals surface area (Å²) < 4.78 is 10.9. The van der Waals surface area contributed by atoms with E-state index in [9.17, 15) is 14.4 Å². The van der Waals surface area contributed by atoms with Crippen LogP contribution >= 0.6 is 27.7 Å². The molecule has 1 aromatic rings. The Morgan fingerprint density at radius 2 is 2.04 bits per heavy atom. The number of rotatable bonds is 7. The molecule has 0 atom stereocenters. The number of nitrogens with one attached hydrogen (secondary N) is 1. The fraction of sp³-hybridized carbons (Fsp3) is 0.467. The molecule has 25 heavy (non-hydrogen) atoms. The molecule has 0 aliphatic carbocycles. The van der Waals surface area contributed by atoms with E-state index in [1.165, 1.54) is 0 Å². The van der Waals surface area contributed by atoms with Crippen molar-refractivity contribution in [1.82, 2.24) is 9.88 Å². The molecule has 0 aromatic carbocycles. The molecule has 0 radical (unpaired) electrons. The summed E-state index contributed by atoms with van der Waals surface area (Å²) in [5.74, 6) is -0.506. The van der Waals surface area contributed by atoms with E-state index in [-0.39, 0.29) is 29.9 Å². The van der Waals surface area contributed by atoms with Crippen molar-refractivity contribution in [2.45, 2.75) is 0 Å². The van der Waals surface area contributed by atoms with Gasteiger partial charge in [-0.05, 0) is 28.1 Å². The van der Waals surface area contributed by atoms with Crippen molar-refractivity contribution in [2.24, 2.45) is 0 Å². The number of esters is 1. The van der Waals surface area contributed by atoms with Crippen LogP contribution in [0.1, 0.15) is 0 Å². The molecule has 0 spiro atoms. The molecule has 2 heterocycles. The van der Waals surface area contributed by atoms with Crippen LogP contribution in [0.15, 0.2) is 22.8 Å². The maximum atomic E-state index is 11.8. The van der Waals surface area contributed by atoms with Crippen LogP contribution in [-0.2, 0) is 23.9 Å². The number of anilines is 1. The summed E-state index contributed by atoms with van der Waals surface area (Å²) in [5.41, 5.74) is 0. The number of carbonyl (C=O) groups excluding carboxylic acids is 3. The van der Waals surface area contributed by atoms with Crippen LogP contribution in [0, 0.1) is 0 Å². The molecular formula is C15H18BrN3O5S. The first kappa shape index (κ1) is 19.7. The minimum Gasteiger partial charge on any atom is -0.455 e. The molecule has 1 fully saturated rings. The van der Waals surface area contributed by atoms with Crippen LogP contribution in [-0.4, -0.2) is 72.1 Å². The van der Waals surface area contributed by atoms with Gasteiger partial charge in [-0.2, -0.15) is 0 Å². The summed E-state index contributed by atoms with van der Waals surface area (Å²) in [6.45, 7) is 1.73. The lowest BCUT2D eigenvalue weighted by molar-refractivity contribution is -0.151. The molecule has 1 aromatic heterocycles. The van der Waals surface area contributed by atoms with Crippen LogP contribution < -0.4 is 5.32 Å². The Labute approximate surface area is 157 Å². The second-order valence-corrected chi connectivity index (χ2v) is 6.96. The van der Waals surface area contributed by atoms with E-state index in [2.05, 4.69) is 26.2 Å². The lowest BCUT2D eigenvalue weighted by Gasteiger charge is -2.26. The van der Waals surface area contributed by atoms with E-state index in [4.69, 9.17) is 9.47 Å².